The quantitative estimate of drug-likeness (QED) is 0.388. The summed E-state index contributed by atoms with van der Waals surface area (Å²) in [5, 5.41) is 11.6. The number of hydrogen-bond donors (Lipinski definition) is 2. The summed E-state index contributed by atoms with van der Waals surface area (Å²) in [4.78, 5) is 24.1. The Morgan fingerprint density at radius 1 is 1.37 bits per heavy atom. The van der Waals surface area contributed by atoms with E-state index in [9.17, 15) is 9.59 Å². The fraction of sp³-hybridized carbons (Fsp3) is 0.412. The second-order valence-electron chi connectivity index (χ2n) is 5.90. The van der Waals surface area contributed by atoms with E-state index >= 15 is 0 Å². The number of nitrogens with two attached hydrogens (primary N) is 1. The van der Waals surface area contributed by atoms with Crippen molar-refractivity contribution in [2.45, 2.75) is 31.5 Å². The highest BCUT2D eigenvalue weighted by Gasteiger charge is 2.27. The van der Waals surface area contributed by atoms with Gasteiger partial charge in [-0.25, -0.2) is 9.47 Å². The van der Waals surface area contributed by atoms with Crippen molar-refractivity contribution in [3.8, 4) is 11.4 Å². The topological polar surface area (TPSA) is 112 Å². The zero-order valence-corrected chi connectivity index (χ0v) is 16.9. The van der Waals surface area contributed by atoms with E-state index in [0.29, 0.717) is 21.6 Å². The molecule has 0 saturated heterocycles. The van der Waals surface area contributed by atoms with Gasteiger partial charge in [-0.1, -0.05) is 55.8 Å². The molecule has 1 amide bonds. The summed E-state index contributed by atoms with van der Waals surface area (Å²) < 4.78 is 6.05. The first kappa shape index (κ1) is 21.0. The zero-order chi connectivity index (χ0) is 20.0. The fourth-order valence-electron chi connectivity index (χ4n) is 2.34. The van der Waals surface area contributed by atoms with Gasteiger partial charge in [-0.3, -0.25) is 4.79 Å². The molecule has 10 heteroatoms. The summed E-state index contributed by atoms with van der Waals surface area (Å²) in [6, 6.07) is 6.44. The summed E-state index contributed by atoms with van der Waals surface area (Å²) in [6.45, 7) is 3.82. The molecule has 1 aromatic heterocycles. The highest BCUT2D eigenvalue weighted by Crippen LogP contribution is 2.27. The van der Waals surface area contributed by atoms with Crippen LogP contribution in [0.15, 0.2) is 29.4 Å². The smallest absolute Gasteiger partial charge is 0.328 e. The molecular weight excluding hydrogens is 390 g/mol. The minimum Gasteiger partial charge on any atom is -0.467 e. The Labute approximate surface area is 166 Å². The molecule has 2 aromatic rings. The average molecular weight is 412 g/mol. The Kier molecular flexibility index (Phi) is 7.49. The minimum absolute atomic E-state index is 0.0295. The Morgan fingerprint density at radius 2 is 2.07 bits per heavy atom. The number of amides is 1. The van der Waals surface area contributed by atoms with Crippen LogP contribution in [0.5, 0.6) is 0 Å². The Hall–Kier alpha value is -2.26. The number of ether oxygens (including phenoxy) is 1. The second-order valence-corrected chi connectivity index (χ2v) is 7.25. The van der Waals surface area contributed by atoms with E-state index in [1.54, 1.807) is 18.2 Å². The van der Waals surface area contributed by atoms with Crippen molar-refractivity contribution in [3.05, 3.63) is 29.3 Å². The summed E-state index contributed by atoms with van der Waals surface area (Å²) in [6.07, 6.45) is 0.728. The third-order valence-electron chi connectivity index (χ3n) is 4.10. The van der Waals surface area contributed by atoms with Crippen molar-refractivity contribution in [2.75, 3.05) is 18.7 Å². The number of halogens is 1. The molecule has 0 aliphatic heterocycles. The zero-order valence-electron chi connectivity index (χ0n) is 15.3. The van der Waals surface area contributed by atoms with Gasteiger partial charge in [-0.05, 0) is 18.1 Å². The van der Waals surface area contributed by atoms with Crippen molar-refractivity contribution < 1.29 is 14.3 Å². The molecule has 0 bridgehead atoms. The number of carbonyl (C=O) groups is 2. The van der Waals surface area contributed by atoms with Crippen molar-refractivity contribution in [3.63, 3.8) is 0 Å². The van der Waals surface area contributed by atoms with Gasteiger partial charge in [0.05, 0.1) is 17.9 Å². The largest absolute Gasteiger partial charge is 0.467 e. The maximum absolute atomic E-state index is 12.3. The number of methoxy groups -OCH3 is 1. The number of rotatable bonds is 8. The van der Waals surface area contributed by atoms with Crippen LogP contribution in [0.1, 0.15) is 20.3 Å². The predicted octanol–water partition coefficient (Wildman–Crippen LogP) is 2.11. The van der Waals surface area contributed by atoms with Gasteiger partial charge in [0.15, 0.2) is 5.82 Å². The number of hydrogen-bond acceptors (Lipinski definition) is 7. The van der Waals surface area contributed by atoms with Gasteiger partial charge < -0.3 is 15.9 Å². The van der Waals surface area contributed by atoms with Crippen molar-refractivity contribution in [1.82, 2.24) is 20.2 Å². The molecule has 146 valence electrons. The number of esters is 1. The number of nitrogen functional groups attached to an aromatic ring is 1. The molecule has 0 unspecified atom stereocenters. The minimum atomic E-state index is -0.692. The van der Waals surface area contributed by atoms with Crippen LogP contribution in [-0.4, -0.2) is 45.7 Å². The SMILES string of the molecule is CC[C@H](C)[C@@H](NC(=O)CSc1nnc(-c2ccccc2Cl)n1N)C(=O)OC. The molecule has 1 heterocycles. The lowest BCUT2D eigenvalue weighted by molar-refractivity contribution is -0.146. The van der Waals surface area contributed by atoms with Crippen LogP contribution in [0.25, 0.3) is 11.4 Å². The third-order valence-corrected chi connectivity index (χ3v) is 5.37. The van der Waals surface area contributed by atoms with Crippen LogP contribution in [0, 0.1) is 5.92 Å². The molecule has 0 saturated carbocycles. The number of aromatic nitrogens is 3. The van der Waals surface area contributed by atoms with Gasteiger partial charge in [0.1, 0.15) is 6.04 Å². The van der Waals surface area contributed by atoms with E-state index in [4.69, 9.17) is 22.2 Å². The Morgan fingerprint density at radius 3 is 2.70 bits per heavy atom. The summed E-state index contributed by atoms with van der Waals surface area (Å²) >= 11 is 7.27. The number of thioether (sulfide) groups is 1. The molecule has 3 N–H and O–H groups in total. The second kappa shape index (κ2) is 9.61. The third kappa shape index (κ3) is 5.14. The molecule has 2 atom stereocenters. The lowest BCUT2D eigenvalue weighted by Crippen LogP contribution is -2.46. The molecule has 0 fully saturated rings. The van der Waals surface area contributed by atoms with Crippen LogP contribution in [0.4, 0.5) is 0 Å². The van der Waals surface area contributed by atoms with Crippen LogP contribution in [-0.2, 0) is 14.3 Å². The molecule has 2 rings (SSSR count). The first-order valence-corrected chi connectivity index (χ1v) is 9.70. The highest BCUT2D eigenvalue weighted by molar-refractivity contribution is 7.99. The van der Waals surface area contributed by atoms with Gasteiger partial charge >= 0.3 is 5.97 Å². The van der Waals surface area contributed by atoms with Gasteiger partial charge in [0, 0.05) is 5.56 Å². The van der Waals surface area contributed by atoms with E-state index in [1.165, 1.54) is 11.8 Å². The van der Waals surface area contributed by atoms with E-state index in [0.717, 1.165) is 18.2 Å². The van der Waals surface area contributed by atoms with Crippen LogP contribution < -0.4 is 11.2 Å². The van der Waals surface area contributed by atoms with Gasteiger partial charge in [0.25, 0.3) is 0 Å². The van der Waals surface area contributed by atoms with Crippen molar-refractivity contribution in [1.29, 1.82) is 0 Å². The van der Waals surface area contributed by atoms with Gasteiger partial charge in [0.2, 0.25) is 11.1 Å². The molecule has 0 radical (unpaired) electrons. The average Bonchev–Trinajstić information content (AvgIpc) is 3.04. The lowest BCUT2D eigenvalue weighted by Gasteiger charge is -2.21. The highest BCUT2D eigenvalue weighted by atomic mass is 35.5. The molecule has 0 spiro atoms. The predicted molar refractivity (Wildman–Crippen MR) is 105 cm³/mol. The summed E-state index contributed by atoms with van der Waals surface area (Å²) in [5.74, 6) is 5.63. The van der Waals surface area contributed by atoms with E-state index in [-0.39, 0.29) is 17.6 Å². The number of benzene rings is 1. The lowest BCUT2D eigenvalue weighted by atomic mass is 9.99. The molecule has 1 aromatic carbocycles. The summed E-state index contributed by atoms with van der Waals surface area (Å²) in [5.41, 5.74) is 0.646. The molecule has 0 aliphatic rings. The number of nitrogens with one attached hydrogen (secondary N) is 1. The van der Waals surface area contributed by atoms with Crippen LogP contribution in [0.3, 0.4) is 0 Å². The first-order valence-electron chi connectivity index (χ1n) is 8.34. The normalized spacial score (nSPS) is 13.0. The monoisotopic (exact) mass is 411 g/mol. The van der Waals surface area contributed by atoms with Crippen molar-refractivity contribution in [2.24, 2.45) is 5.92 Å². The number of nitrogens with zero attached hydrogens (tertiary/aromatic N) is 3. The fourth-order valence-corrected chi connectivity index (χ4v) is 3.23. The number of carbonyl (C=O) groups excluding carboxylic acids is 2. The van der Waals surface area contributed by atoms with E-state index in [1.807, 2.05) is 19.9 Å². The van der Waals surface area contributed by atoms with Crippen LogP contribution in [0.2, 0.25) is 5.02 Å². The Balaban J connectivity index is 2.03. The first-order chi connectivity index (χ1) is 12.9. The van der Waals surface area contributed by atoms with Crippen LogP contribution >= 0.6 is 23.4 Å². The molecule has 27 heavy (non-hydrogen) atoms. The standard InChI is InChI=1S/C17H22ClN5O3S/c1-4-10(2)14(16(25)26-3)20-13(24)9-27-17-22-21-15(23(17)19)11-7-5-6-8-12(11)18/h5-8,10,14H,4,9,19H2,1-3H3,(H,20,24)/t10-,14+/m0/s1. The molecule has 0 aliphatic carbocycles. The van der Waals surface area contributed by atoms with Gasteiger partial charge in [-0.15, -0.1) is 10.2 Å². The van der Waals surface area contributed by atoms with E-state index < -0.39 is 12.0 Å². The molecule has 8 nitrogen and oxygen atoms in total. The maximum atomic E-state index is 12.3. The van der Waals surface area contributed by atoms with Gasteiger partial charge in [-0.2, -0.15) is 0 Å². The van der Waals surface area contributed by atoms with Crippen molar-refractivity contribution >= 4 is 35.2 Å². The Bertz CT molecular complexity index is 814. The van der Waals surface area contributed by atoms with E-state index in [2.05, 4.69) is 15.5 Å². The maximum Gasteiger partial charge on any atom is 0.328 e. The molecular formula is C17H22ClN5O3S. The summed E-state index contributed by atoms with van der Waals surface area (Å²) in [7, 11) is 1.30.